The van der Waals surface area contributed by atoms with E-state index in [4.69, 9.17) is 4.52 Å². The second kappa shape index (κ2) is 4.96. The van der Waals surface area contributed by atoms with Gasteiger partial charge in [0, 0.05) is 24.8 Å². The third-order valence-corrected chi connectivity index (χ3v) is 4.38. The Bertz CT molecular complexity index is 994. The molecule has 4 rings (SSSR count). The molecule has 22 heavy (non-hydrogen) atoms. The number of rotatable bonds is 3. The van der Waals surface area contributed by atoms with Crippen LogP contribution in [0.15, 0.2) is 51.4 Å². The van der Waals surface area contributed by atoms with Crippen molar-refractivity contribution in [3.8, 4) is 10.7 Å². The van der Waals surface area contributed by atoms with E-state index in [2.05, 4.69) is 10.1 Å². The molecule has 0 bridgehead atoms. The minimum atomic E-state index is -0.0686. The van der Waals surface area contributed by atoms with Crippen LogP contribution in [0.5, 0.6) is 0 Å². The van der Waals surface area contributed by atoms with Crippen molar-refractivity contribution < 1.29 is 4.52 Å². The molecule has 0 aliphatic rings. The molecule has 6 nitrogen and oxygen atoms in total. The lowest BCUT2D eigenvalue weighted by molar-refractivity contribution is 0.370. The molecule has 0 saturated carbocycles. The van der Waals surface area contributed by atoms with Crippen molar-refractivity contribution in [2.75, 3.05) is 0 Å². The maximum absolute atomic E-state index is 12.5. The average molecular weight is 312 g/mol. The Hall–Kier alpha value is -2.67. The predicted octanol–water partition coefficient (Wildman–Crippen LogP) is 2.50. The maximum atomic E-state index is 12.5. The zero-order chi connectivity index (χ0) is 15.1. The highest BCUT2D eigenvalue weighted by molar-refractivity contribution is 7.13. The van der Waals surface area contributed by atoms with Gasteiger partial charge in [0.15, 0.2) is 0 Å². The van der Waals surface area contributed by atoms with Crippen molar-refractivity contribution in [2.24, 2.45) is 7.05 Å². The van der Waals surface area contributed by atoms with Gasteiger partial charge >= 0.3 is 0 Å². The molecule has 0 aliphatic carbocycles. The molecule has 0 aromatic carbocycles. The van der Waals surface area contributed by atoms with Gasteiger partial charge < -0.3 is 13.7 Å². The van der Waals surface area contributed by atoms with Gasteiger partial charge in [-0.15, -0.1) is 11.3 Å². The first kappa shape index (κ1) is 13.0. The Labute approximate surface area is 129 Å². The summed E-state index contributed by atoms with van der Waals surface area (Å²) in [6, 6.07) is 7.70. The van der Waals surface area contributed by atoms with Crippen LogP contribution in [-0.2, 0) is 13.6 Å². The van der Waals surface area contributed by atoms with Crippen LogP contribution in [0.4, 0.5) is 0 Å². The predicted molar refractivity (Wildman–Crippen MR) is 83.9 cm³/mol. The van der Waals surface area contributed by atoms with Crippen LogP contribution in [0.1, 0.15) is 5.89 Å². The zero-order valence-electron chi connectivity index (χ0n) is 11.8. The van der Waals surface area contributed by atoms with E-state index in [1.165, 1.54) is 0 Å². The molecule has 0 aliphatic heterocycles. The second-order valence-electron chi connectivity index (χ2n) is 4.97. The summed E-state index contributed by atoms with van der Waals surface area (Å²) in [7, 11) is 1.86. The quantitative estimate of drug-likeness (QED) is 0.583. The van der Waals surface area contributed by atoms with E-state index in [0.29, 0.717) is 17.2 Å². The van der Waals surface area contributed by atoms with Crippen LogP contribution in [-0.4, -0.2) is 19.3 Å². The highest BCUT2D eigenvalue weighted by Crippen LogP contribution is 2.21. The Morgan fingerprint density at radius 2 is 2.14 bits per heavy atom. The summed E-state index contributed by atoms with van der Waals surface area (Å²) >= 11 is 1.55. The lowest BCUT2D eigenvalue weighted by Gasteiger charge is -2.03. The lowest BCUT2D eigenvalue weighted by atomic mass is 10.3. The summed E-state index contributed by atoms with van der Waals surface area (Å²) in [6.07, 6.45) is 3.62. The second-order valence-corrected chi connectivity index (χ2v) is 5.92. The molecule has 0 unspecified atom stereocenters. The number of hydrogen-bond donors (Lipinski definition) is 0. The Kier molecular flexibility index (Phi) is 2.93. The summed E-state index contributed by atoms with van der Waals surface area (Å²) in [5.74, 6) is 0.969. The molecule has 0 spiro atoms. The fraction of sp³-hybridized carbons (Fsp3) is 0.133. The number of pyridine rings is 1. The number of aryl methyl sites for hydroxylation is 1. The molecule has 0 radical (unpaired) electrons. The van der Waals surface area contributed by atoms with Crippen LogP contribution < -0.4 is 5.56 Å². The Balaban J connectivity index is 1.71. The molecule has 4 aromatic heterocycles. The molecule has 0 fully saturated rings. The fourth-order valence-electron chi connectivity index (χ4n) is 2.43. The number of fused-ring (bicyclic) bond motifs is 1. The monoisotopic (exact) mass is 312 g/mol. The minimum absolute atomic E-state index is 0.0686. The van der Waals surface area contributed by atoms with Crippen LogP contribution in [0.3, 0.4) is 0 Å². The van der Waals surface area contributed by atoms with Gasteiger partial charge in [0.1, 0.15) is 12.1 Å². The van der Waals surface area contributed by atoms with E-state index in [-0.39, 0.29) is 12.1 Å². The van der Waals surface area contributed by atoms with Crippen molar-refractivity contribution in [3.63, 3.8) is 0 Å². The highest BCUT2D eigenvalue weighted by Gasteiger charge is 2.12. The standard InChI is InChI=1S/C15H12N4O2S/c1-18-6-4-10-5-7-19(15(20)13(10)18)9-12-16-14(17-21-12)11-3-2-8-22-11/h2-8H,9H2,1H3. The third-order valence-electron chi connectivity index (χ3n) is 3.52. The molecular weight excluding hydrogens is 300 g/mol. The lowest BCUT2D eigenvalue weighted by Crippen LogP contribution is -2.21. The van der Waals surface area contributed by atoms with E-state index >= 15 is 0 Å². The number of thiophene rings is 1. The normalized spacial score (nSPS) is 11.3. The number of hydrogen-bond acceptors (Lipinski definition) is 5. The molecule has 0 amide bonds. The van der Waals surface area contributed by atoms with E-state index in [1.54, 1.807) is 22.1 Å². The zero-order valence-corrected chi connectivity index (χ0v) is 12.6. The van der Waals surface area contributed by atoms with Crippen LogP contribution >= 0.6 is 11.3 Å². The topological polar surface area (TPSA) is 65.8 Å². The van der Waals surface area contributed by atoms with Gasteiger partial charge in [-0.1, -0.05) is 11.2 Å². The first-order valence-electron chi connectivity index (χ1n) is 6.73. The van der Waals surface area contributed by atoms with Gasteiger partial charge in [-0.2, -0.15) is 4.98 Å². The average Bonchev–Trinajstić information content (AvgIpc) is 3.23. The van der Waals surface area contributed by atoms with Gasteiger partial charge in [0.2, 0.25) is 11.7 Å². The van der Waals surface area contributed by atoms with Crippen molar-refractivity contribution in [1.82, 2.24) is 19.3 Å². The molecule has 4 aromatic rings. The van der Waals surface area contributed by atoms with E-state index < -0.39 is 0 Å². The Morgan fingerprint density at radius 3 is 2.95 bits per heavy atom. The molecule has 4 heterocycles. The summed E-state index contributed by atoms with van der Waals surface area (Å²) in [5, 5.41) is 6.84. The fourth-order valence-corrected chi connectivity index (χ4v) is 3.08. The van der Waals surface area contributed by atoms with Crippen molar-refractivity contribution in [1.29, 1.82) is 0 Å². The Morgan fingerprint density at radius 1 is 1.27 bits per heavy atom. The van der Waals surface area contributed by atoms with Crippen molar-refractivity contribution in [3.05, 3.63) is 58.3 Å². The number of aromatic nitrogens is 4. The van der Waals surface area contributed by atoms with Gasteiger partial charge in [-0.05, 0) is 23.6 Å². The smallest absolute Gasteiger partial charge is 0.275 e. The summed E-state index contributed by atoms with van der Waals surface area (Å²) < 4.78 is 8.65. The first-order chi connectivity index (χ1) is 10.7. The number of nitrogens with zero attached hydrogens (tertiary/aromatic N) is 4. The highest BCUT2D eigenvalue weighted by atomic mass is 32.1. The van der Waals surface area contributed by atoms with Gasteiger partial charge in [-0.25, -0.2) is 0 Å². The minimum Gasteiger partial charge on any atom is -0.346 e. The van der Waals surface area contributed by atoms with Crippen molar-refractivity contribution in [2.45, 2.75) is 6.54 Å². The molecule has 0 saturated heterocycles. The molecular formula is C15H12N4O2S. The summed E-state index contributed by atoms with van der Waals surface area (Å²) in [5.41, 5.74) is 0.598. The molecule has 0 atom stereocenters. The molecule has 7 heteroatoms. The van der Waals surface area contributed by atoms with Gasteiger partial charge in [0.05, 0.1) is 4.88 Å². The van der Waals surface area contributed by atoms with Crippen molar-refractivity contribution >= 4 is 22.2 Å². The third kappa shape index (κ3) is 2.06. The van der Waals surface area contributed by atoms with E-state index in [9.17, 15) is 4.79 Å². The maximum Gasteiger partial charge on any atom is 0.275 e. The SMILES string of the molecule is Cn1ccc2ccn(Cc3nc(-c4cccs4)no3)c(=O)c21. The van der Waals surface area contributed by atoms with Crippen LogP contribution in [0, 0.1) is 0 Å². The van der Waals surface area contributed by atoms with Gasteiger partial charge in [-0.3, -0.25) is 4.79 Å². The van der Waals surface area contributed by atoms with E-state index in [0.717, 1.165) is 10.3 Å². The first-order valence-corrected chi connectivity index (χ1v) is 7.61. The van der Waals surface area contributed by atoms with E-state index in [1.807, 2.05) is 47.5 Å². The molecule has 0 N–H and O–H groups in total. The largest absolute Gasteiger partial charge is 0.346 e. The van der Waals surface area contributed by atoms with Crippen LogP contribution in [0.25, 0.3) is 21.6 Å². The molecule has 110 valence electrons. The van der Waals surface area contributed by atoms with Gasteiger partial charge in [0.25, 0.3) is 5.56 Å². The van der Waals surface area contributed by atoms with Crippen LogP contribution in [0.2, 0.25) is 0 Å². The summed E-state index contributed by atoms with van der Waals surface area (Å²) in [4.78, 5) is 17.8. The summed E-state index contributed by atoms with van der Waals surface area (Å²) in [6.45, 7) is 0.262.